The lowest BCUT2D eigenvalue weighted by molar-refractivity contribution is -0.384. The third kappa shape index (κ3) is 3.45. The first-order valence-electron chi connectivity index (χ1n) is 5.94. The normalized spacial score (nSPS) is 17.1. The Morgan fingerprint density at radius 2 is 2.00 bits per heavy atom. The molecule has 110 valence electrons. The van der Waals surface area contributed by atoms with E-state index in [0.29, 0.717) is 26.1 Å². The molecule has 20 heavy (non-hydrogen) atoms. The van der Waals surface area contributed by atoms with E-state index in [1.165, 1.54) is 12.1 Å². The Balaban J connectivity index is 2.24. The van der Waals surface area contributed by atoms with Crippen LogP contribution in [0, 0.1) is 10.1 Å². The minimum atomic E-state index is -3.80. The summed E-state index contributed by atoms with van der Waals surface area (Å²) in [6.45, 7) is 0.988. The molecule has 2 rings (SSSR count). The average molecular weight is 321 g/mol. The predicted octanol–water partition coefficient (Wildman–Crippen LogP) is 1.71. The Morgan fingerprint density at radius 1 is 1.35 bits per heavy atom. The molecule has 1 aliphatic heterocycles. The molecule has 0 saturated carbocycles. The molecule has 0 spiro atoms. The molecular weight excluding hydrogens is 308 g/mol. The number of benzene rings is 1. The van der Waals surface area contributed by atoms with Crippen LogP contribution in [-0.2, 0) is 14.8 Å². The van der Waals surface area contributed by atoms with Gasteiger partial charge >= 0.3 is 0 Å². The van der Waals surface area contributed by atoms with Crippen LogP contribution in [0.15, 0.2) is 23.1 Å². The number of hydrogen-bond donors (Lipinski definition) is 1. The van der Waals surface area contributed by atoms with Crippen molar-refractivity contribution in [2.45, 2.75) is 23.8 Å². The number of nitrogens with zero attached hydrogens (tertiary/aromatic N) is 1. The number of ether oxygens (including phenoxy) is 1. The number of halogens is 1. The number of nitro groups is 1. The minimum Gasteiger partial charge on any atom is -0.381 e. The van der Waals surface area contributed by atoms with Crippen molar-refractivity contribution in [1.82, 2.24) is 4.72 Å². The van der Waals surface area contributed by atoms with Crippen molar-refractivity contribution in [2.75, 3.05) is 13.2 Å². The Labute approximate surface area is 121 Å². The van der Waals surface area contributed by atoms with Gasteiger partial charge in [0.05, 0.1) is 9.82 Å². The standard InChI is InChI=1S/C11H13ClN2O5S/c12-10-2-1-9(7-11(10)14(15)16)20(17,18)13-8-3-5-19-6-4-8/h1-2,7-8,13H,3-6H2. The van der Waals surface area contributed by atoms with E-state index < -0.39 is 20.6 Å². The molecule has 0 aromatic heterocycles. The van der Waals surface area contributed by atoms with E-state index in [-0.39, 0.29) is 16.0 Å². The fourth-order valence-corrected chi connectivity index (χ4v) is 3.41. The molecule has 0 atom stereocenters. The van der Waals surface area contributed by atoms with Crippen molar-refractivity contribution in [3.8, 4) is 0 Å². The summed E-state index contributed by atoms with van der Waals surface area (Å²) in [5, 5.41) is 10.7. The largest absolute Gasteiger partial charge is 0.381 e. The second kappa shape index (κ2) is 6.04. The molecule has 0 amide bonds. The first kappa shape index (κ1) is 15.2. The van der Waals surface area contributed by atoms with Crippen molar-refractivity contribution in [2.24, 2.45) is 0 Å². The minimum absolute atomic E-state index is 0.0972. The van der Waals surface area contributed by atoms with Crippen LogP contribution in [0.3, 0.4) is 0 Å². The first-order chi connectivity index (χ1) is 9.40. The number of nitrogens with one attached hydrogen (secondary N) is 1. The van der Waals surface area contributed by atoms with Gasteiger partial charge in [-0.3, -0.25) is 10.1 Å². The molecule has 1 saturated heterocycles. The molecule has 0 aliphatic carbocycles. The van der Waals surface area contributed by atoms with E-state index in [2.05, 4.69) is 4.72 Å². The molecule has 1 aliphatic rings. The maximum atomic E-state index is 12.2. The van der Waals surface area contributed by atoms with Gasteiger partial charge in [-0.25, -0.2) is 13.1 Å². The predicted molar refractivity (Wildman–Crippen MR) is 72.3 cm³/mol. The monoisotopic (exact) mass is 320 g/mol. The Morgan fingerprint density at radius 3 is 2.60 bits per heavy atom. The summed E-state index contributed by atoms with van der Waals surface area (Å²) < 4.78 is 32.0. The highest BCUT2D eigenvalue weighted by Gasteiger charge is 2.24. The third-order valence-electron chi connectivity index (χ3n) is 2.97. The average Bonchev–Trinajstić information content (AvgIpc) is 2.39. The van der Waals surface area contributed by atoms with Gasteiger partial charge in [-0.2, -0.15) is 0 Å². The number of hydrogen-bond acceptors (Lipinski definition) is 5. The molecule has 1 N–H and O–H groups in total. The second-order valence-corrected chi connectivity index (χ2v) is 6.50. The summed E-state index contributed by atoms with van der Waals surface area (Å²) in [5.41, 5.74) is -0.429. The third-order valence-corrected chi connectivity index (χ3v) is 4.81. The van der Waals surface area contributed by atoms with Crippen molar-refractivity contribution in [3.63, 3.8) is 0 Å². The quantitative estimate of drug-likeness (QED) is 0.672. The van der Waals surface area contributed by atoms with Gasteiger partial charge in [-0.05, 0) is 25.0 Å². The van der Waals surface area contributed by atoms with E-state index in [1.54, 1.807) is 0 Å². The van der Waals surface area contributed by atoms with Gasteiger partial charge in [0.1, 0.15) is 5.02 Å². The Kier molecular flexibility index (Phi) is 4.59. The zero-order valence-electron chi connectivity index (χ0n) is 10.4. The molecule has 9 heteroatoms. The molecule has 1 aromatic carbocycles. The van der Waals surface area contributed by atoms with Crippen LogP contribution in [-0.4, -0.2) is 32.6 Å². The van der Waals surface area contributed by atoms with Gasteiger partial charge in [-0.1, -0.05) is 11.6 Å². The fourth-order valence-electron chi connectivity index (χ4n) is 1.90. The summed E-state index contributed by atoms with van der Waals surface area (Å²) in [6, 6.07) is 3.20. The lowest BCUT2D eigenvalue weighted by Gasteiger charge is -2.22. The van der Waals surface area contributed by atoms with E-state index >= 15 is 0 Å². The Bertz CT molecular complexity index is 613. The van der Waals surface area contributed by atoms with Crippen LogP contribution in [0.25, 0.3) is 0 Å². The van der Waals surface area contributed by atoms with Crippen LogP contribution in [0.2, 0.25) is 5.02 Å². The van der Waals surface area contributed by atoms with E-state index in [0.717, 1.165) is 6.07 Å². The van der Waals surface area contributed by atoms with Crippen LogP contribution in [0.1, 0.15) is 12.8 Å². The zero-order chi connectivity index (χ0) is 14.8. The molecule has 1 fully saturated rings. The van der Waals surface area contributed by atoms with Gasteiger partial charge < -0.3 is 4.74 Å². The smallest absolute Gasteiger partial charge is 0.289 e. The SMILES string of the molecule is O=[N+]([O-])c1cc(S(=O)(=O)NC2CCOCC2)ccc1Cl. The molecule has 0 unspecified atom stereocenters. The lowest BCUT2D eigenvalue weighted by atomic mass is 10.1. The van der Waals surface area contributed by atoms with E-state index in [4.69, 9.17) is 16.3 Å². The number of sulfonamides is 1. The van der Waals surface area contributed by atoms with Crippen molar-refractivity contribution in [1.29, 1.82) is 0 Å². The van der Waals surface area contributed by atoms with Crippen molar-refractivity contribution in [3.05, 3.63) is 33.3 Å². The first-order valence-corrected chi connectivity index (χ1v) is 7.80. The number of rotatable bonds is 4. The van der Waals surface area contributed by atoms with Crippen LogP contribution < -0.4 is 4.72 Å². The summed E-state index contributed by atoms with van der Waals surface area (Å²) in [5.74, 6) is 0. The van der Waals surface area contributed by atoms with Gasteiger partial charge in [-0.15, -0.1) is 0 Å². The van der Waals surface area contributed by atoms with Crippen LogP contribution >= 0.6 is 11.6 Å². The maximum absolute atomic E-state index is 12.2. The summed E-state index contributed by atoms with van der Waals surface area (Å²) >= 11 is 5.66. The van der Waals surface area contributed by atoms with Crippen molar-refractivity contribution < 1.29 is 18.1 Å². The summed E-state index contributed by atoms with van der Waals surface area (Å²) in [7, 11) is -3.80. The molecule has 1 heterocycles. The fraction of sp³-hybridized carbons (Fsp3) is 0.455. The van der Waals surface area contributed by atoms with Gasteiger partial charge in [0, 0.05) is 25.3 Å². The van der Waals surface area contributed by atoms with Crippen LogP contribution in [0.4, 0.5) is 5.69 Å². The second-order valence-electron chi connectivity index (χ2n) is 4.38. The topological polar surface area (TPSA) is 98.5 Å². The number of nitro benzene ring substituents is 1. The van der Waals surface area contributed by atoms with E-state index in [9.17, 15) is 18.5 Å². The highest BCUT2D eigenvalue weighted by molar-refractivity contribution is 7.89. The highest BCUT2D eigenvalue weighted by atomic mass is 35.5. The summed E-state index contributed by atoms with van der Waals surface area (Å²) in [6.07, 6.45) is 1.16. The van der Waals surface area contributed by atoms with Gasteiger partial charge in [0.15, 0.2) is 0 Å². The molecular formula is C11H13ClN2O5S. The molecule has 0 bridgehead atoms. The Hall–Kier alpha value is -1.22. The molecule has 1 aromatic rings. The zero-order valence-corrected chi connectivity index (χ0v) is 12.0. The lowest BCUT2D eigenvalue weighted by Crippen LogP contribution is -2.38. The highest BCUT2D eigenvalue weighted by Crippen LogP contribution is 2.27. The molecule has 0 radical (unpaired) electrons. The summed E-state index contributed by atoms with van der Waals surface area (Å²) in [4.78, 5) is 9.90. The maximum Gasteiger partial charge on any atom is 0.289 e. The van der Waals surface area contributed by atoms with Crippen LogP contribution in [0.5, 0.6) is 0 Å². The van der Waals surface area contributed by atoms with E-state index in [1.807, 2.05) is 0 Å². The molecule has 7 nitrogen and oxygen atoms in total. The van der Waals surface area contributed by atoms with Gasteiger partial charge in [0.25, 0.3) is 5.69 Å². The van der Waals surface area contributed by atoms with Crippen molar-refractivity contribution >= 4 is 27.3 Å². The van der Waals surface area contributed by atoms with Gasteiger partial charge in [0.2, 0.25) is 10.0 Å².